The van der Waals surface area contributed by atoms with E-state index >= 15 is 0 Å². The second kappa shape index (κ2) is 6.83. The van der Waals surface area contributed by atoms with Gasteiger partial charge in [-0.05, 0) is 55.2 Å². The molecular formula is C21H23N3O2. The molecule has 1 fully saturated rings. The molecule has 1 aliphatic heterocycles. The Labute approximate surface area is 153 Å². The molecule has 0 radical (unpaired) electrons. The summed E-state index contributed by atoms with van der Waals surface area (Å²) in [7, 11) is 3.60. The van der Waals surface area contributed by atoms with E-state index in [1.807, 2.05) is 53.0 Å². The van der Waals surface area contributed by atoms with Gasteiger partial charge in [0, 0.05) is 36.9 Å². The first-order valence-corrected chi connectivity index (χ1v) is 9.03. The second-order valence-corrected chi connectivity index (χ2v) is 6.81. The standard InChI is InChI=1S/C21H23N3O2/c1-23-18-9-8-17(26-2)12-16(18)13-20(23)21(25)24-11-4-3-7-19(24)15-6-5-10-22-14-15/h5-6,8-10,12-14,19H,3-4,7,11H2,1-2H3/t19-/m0/s1. The van der Waals surface area contributed by atoms with Crippen LogP contribution in [-0.2, 0) is 7.05 Å². The van der Waals surface area contributed by atoms with Crippen LogP contribution >= 0.6 is 0 Å². The van der Waals surface area contributed by atoms with Crippen LogP contribution in [0.15, 0.2) is 48.8 Å². The van der Waals surface area contributed by atoms with Gasteiger partial charge in [-0.3, -0.25) is 9.78 Å². The van der Waals surface area contributed by atoms with E-state index < -0.39 is 0 Å². The van der Waals surface area contributed by atoms with Crippen LogP contribution in [0.5, 0.6) is 5.75 Å². The smallest absolute Gasteiger partial charge is 0.271 e. The van der Waals surface area contributed by atoms with Crippen molar-refractivity contribution in [3.05, 3.63) is 60.0 Å². The minimum Gasteiger partial charge on any atom is -0.497 e. The third kappa shape index (κ3) is 2.83. The molecule has 4 rings (SSSR count). The van der Waals surface area contributed by atoms with E-state index in [9.17, 15) is 4.79 Å². The number of amides is 1. The maximum atomic E-state index is 13.4. The lowest BCUT2D eigenvalue weighted by Crippen LogP contribution is -2.39. The molecular weight excluding hydrogens is 326 g/mol. The molecule has 5 nitrogen and oxygen atoms in total. The number of pyridine rings is 1. The summed E-state index contributed by atoms with van der Waals surface area (Å²) in [6.45, 7) is 0.781. The van der Waals surface area contributed by atoms with Gasteiger partial charge in [-0.1, -0.05) is 6.07 Å². The first-order valence-electron chi connectivity index (χ1n) is 9.03. The predicted octanol–water partition coefficient (Wildman–Crippen LogP) is 3.95. The Hall–Kier alpha value is -2.82. The topological polar surface area (TPSA) is 47.4 Å². The largest absolute Gasteiger partial charge is 0.497 e. The van der Waals surface area contributed by atoms with Crippen LogP contribution in [0.3, 0.4) is 0 Å². The van der Waals surface area contributed by atoms with Crippen LogP contribution in [0.2, 0.25) is 0 Å². The van der Waals surface area contributed by atoms with E-state index in [2.05, 4.69) is 11.1 Å². The van der Waals surface area contributed by atoms with Crippen molar-refractivity contribution in [3.8, 4) is 5.75 Å². The fraction of sp³-hybridized carbons (Fsp3) is 0.333. The number of carbonyl (C=O) groups is 1. The monoisotopic (exact) mass is 349 g/mol. The molecule has 1 atom stereocenters. The molecule has 134 valence electrons. The summed E-state index contributed by atoms with van der Waals surface area (Å²) in [5, 5.41) is 1.02. The SMILES string of the molecule is COc1ccc2c(c1)cc(C(=O)N1CCCC[C@H]1c1cccnc1)n2C. The zero-order chi connectivity index (χ0) is 18.1. The van der Waals surface area contributed by atoms with Gasteiger partial charge < -0.3 is 14.2 Å². The number of ether oxygens (including phenoxy) is 1. The number of hydrogen-bond acceptors (Lipinski definition) is 3. The van der Waals surface area contributed by atoms with Crippen molar-refractivity contribution >= 4 is 16.8 Å². The number of fused-ring (bicyclic) bond motifs is 1. The number of aryl methyl sites for hydroxylation is 1. The summed E-state index contributed by atoms with van der Waals surface area (Å²) >= 11 is 0. The van der Waals surface area contributed by atoms with Gasteiger partial charge in [0.25, 0.3) is 5.91 Å². The van der Waals surface area contributed by atoms with Crippen LogP contribution in [0.1, 0.15) is 41.4 Å². The first-order chi connectivity index (χ1) is 12.7. The minimum atomic E-state index is 0.0798. The van der Waals surface area contributed by atoms with Gasteiger partial charge in [-0.25, -0.2) is 0 Å². The average Bonchev–Trinajstić information content (AvgIpc) is 3.04. The third-order valence-electron chi connectivity index (χ3n) is 5.30. The van der Waals surface area contributed by atoms with Gasteiger partial charge in [-0.15, -0.1) is 0 Å². The Morgan fingerprint density at radius 2 is 2.12 bits per heavy atom. The predicted molar refractivity (Wildman–Crippen MR) is 101 cm³/mol. The molecule has 0 N–H and O–H groups in total. The van der Waals surface area contributed by atoms with E-state index in [-0.39, 0.29) is 11.9 Å². The Kier molecular flexibility index (Phi) is 4.37. The molecule has 3 aromatic rings. The Balaban J connectivity index is 1.71. The molecule has 0 saturated carbocycles. The van der Waals surface area contributed by atoms with Gasteiger partial charge >= 0.3 is 0 Å². The summed E-state index contributed by atoms with van der Waals surface area (Å²) in [6.07, 6.45) is 6.81. The summed E-state index contributed by atoms with van der Waals surface area (Å²) in [6, 6.07) is 12.0. The van der Waals surface area contributed by atoms with Gasteiger partial charge in [0.2, 0.25) is 0 Å². The summed E-state index contributed by atoms with van der Waals surface area (Å²) < 4.78 is 7.29. The van der Waals surface area contributed by atoms with Crippen LogP contribution in [-0.4, -0.2) is 34.0 Å². The van der Waals surface area contributed by atoms with Crippen LogP contribution < -0.4 is 4.74 Å². The zero-order valence-corrected chi connectivity index (χ0v) is 15.2. The molecule has 0 aliphatic carbocycles. The lowest BCUT2D eigenvalue weighted by molar-refractivity contribution is 0.0602. The molecule has 3 heterocycles. The molecule has 2 aromatic heterocycles. The van der Waals surface area contributed by atoms with Gasteiger partial charge in [0.1, 0.15) is 11.4 Å². The van der Waals surface area contributed by atoms with Crippen molar-refractivity contribution in [2.45, 2.75) is 25.3 Å². The molecule has 26 heavy (non-hydrogen) atoms. The first kappa shape index (κ1) is 16.6. The van der Waals surface area contributed by atoms with Crippen molar-refractivity contribution in [1.82, 2.24) is 14.5 Å². The van der Waals surface area contributed by atoms with Crippen molar-refractivity contribution in [1.29, 1.82) is 0 Å². The minimum absolute atomic E-state index is 0.0798. The molecule has 5 heteroatoms. The molecule has 0 bridgehead atoms. The molecule has 0 unspecified atom stereocenters. The van der Waals surface area contributed by atoms with E-state index in [1.165, 1.54) is 0 Å². The molecule has 1 amide bonds. The van der Waals surface area contributed by atoms with Crippen molar-refractivity contribution in [2.24, 2.45) is 7.05 Å². The van der Waals surface area contributed by atoms with Gasteiger partial charge in [-0.2, -0.15) is 0 Å². The number of aromatic nitrogens is 2. The number of hydrogen-bond donors (Lipinski definition) is 0. The van der Waals surface area contributed by atoms with Crippen molar-refractivity contribution < 1.29 is 9.53 Å². The zero-order valence-electron chi connectivity index (χ0n) is 15.2. The van der Waals surface area contributed by atoms with Crippen LogP contribution in [0.25, 0.3) is 10.9 Å². The van der Waals surface area contributed by atoms with Crippen LogP contribution in [0.4, 0.5) is 0 Å². The summed E-state index contributed by atoms with van der Waals surface area (Å²) in [4.78, 5) is 19.6. The number of carbonyl (C=O) groups excluding carboxylic acids is 1. The Morgan fingerprint density at radius 3 is 2.88 bits per heavy atom. The van der Waals surface area contributed by atoms with E-state index in [0.29, 0.717) is 5.69 Å². The second-order valence-electron chi connectivity index (χ2n) is 6.81. The number of benzene rings is 1. The Morgan fingerprint density at radius 1 is 1.23 bits per heavy atom. The number of rotatable bonds is 3. The van der Waals surface area contributed by atoms with E-state index in [0.717, 1.165) is 48.0 Å². The molecule has 1 saturated heterocycles. The lowest BCUT2D eigenvalue weighted by atomic mass is 9.96. The maximum absolute atomic E-state index is 13.4. The third-order valence-corrected chi connectivity index (χ3v) is 5.30. The van der Waals surface area contributed by atoms with Gasteiger partial charge in [0.05, 0.1) is 13.2 Å². The highest BCUT2D eigenvalue weighted by Crippen LogP contribution is 2.33. The van der Waals surface area contributed by atoms with E-state index in [4.69, 9.17) is 4.74 Å². The number of likely N-dealkylation sites (tertiary alicyclic amines) is 1. The number of methoxy groups -OCH3 is 1. The van der Waals surface area contributed by atoms with Crippen molar-refractivity contribution in [2.75, 3.05) is 13.7 Å². The van der Waals surface area contributed by atoms with E-state index in [1.54, 1.807) is 13.3 Å². The fourth-order valence-electron chi connectivity index (χ4n) is 3.90. The normalized spacial score (nSPS) is 17.5. The highest BCUT2D eigenvalue weighted by molar-refractivity contribution is 5.99. The molecule has 0 spiro atoms. The lowest BCUT2D eigenvalue weighted by Gasteiger charge is -2.36. The Bertz CT molecular complexity index is 933. The molecule has 1 aromatic carbocycles. The maximum Gasteiger partial charge on any atom is 0.271 e. The number of nitrogens with zero attached hydrogens (tertiary/aromatic N) is 3. The average molecular weight is 349 g/mol. The fourth-order valence-corrected chi connectivity index (χ4v) is 3.90. The summed E-state index contributed by atoms with van der Waals surface area (Å²) in [5.74, 6) is 0.879. The molecule has 1 aliphatic rings. The summed E-state index contributed by atoms with van der Waals surface area (Å²) in [5.41, 5.74) is 2.86. The highest BCUT2D eigenvalue weighted by Gasteiger charge is 2.30. The van der Waals surface area contributed by atoms with Gasteiger partial charge in [0.15, 0.2) is 0 Å². The van der Waals surface area contributed by atoms with Crippen molar-refractivity contribution in [3.63, 3.8) is 0 Å². The highest BCUT2D eigenvalue weighted by atomic mass is 16.5. The number of piperidine rings is 1. The van der Waals surface area contributed by atoms with Crippen LogP contribution in [0, 0.1) is 0 Å². The quantitative estimate of drug-likeness (QED) is 0.719.